The van der Waals surface area contributed by atoms with Crippen LogP contribution in [0.15, 0.2) is 42.5 Å². The predicted octanol–water partition coefficient (Wildman–Crippen LogP) is 6.00. The van der Waals surface area contributed by atoms with Gasteiger partial charge in [-0.3, -0.25) is 13.9 Å². The number of benzene rings is 2. The molecule has 2 aromatic rings. The Balaban J connectivity index is 1.51. The second-order valence-electron chi connectivity index (χ2n) is 10.8. The van der Waals surface area contributed by atoms with Crippen LogP contribution in [0.2, 0.25) is 5.02 Å². The highest BCUT2D eigenvalue weighted by Gasteiger charge is 2.38. The van der Waals surface area contributed by atoms with Gasteiger partial charge in [0.25, 0.3) is 0 Å². The molecule has 0 radical (unpaired) electrons. The lowest BCUT2D eigenvalue weighted by molar-refractivity contribution is -0.118. The summed E-state index contributed by atoms with van der Waals surface area (Å²) >= 11 is 6.10. The van der Waals surface area contributed by atoms with Crippen molar-refractivity contribution < 1.29 is 18.3 Å². The standard InChI is InChI=1S/C29H42ClFN4O3S/c1-3-19(4-2)27(20-10-12-21(30)13-11-20)28(32)29(36)34-26-9-5-8-25(31)24(26)15-14-23-17-33-22-7-6-16-39(37,38)35(23)18-22/h5,8-13,19,22-23,27-28,33,37-38H,3-4,6-7,14-18,32H2,1-2H3,(H,34,36)/t22?,23?,27-,28+/m1/s1. The van der Waals surface area contributed by atoms with E-state index in [9.17, 15) is 13.9 Å². The monoisotopic (exact) mass is 580 g/mol. The number of hydrogen-bond donors (Lipinski definition) is 5. The highest BCUT2D eigenvalue weighted by atomic mass is 35.5. The zero-order valence-electron chi connectivity index (χ0n) is 22.8. The summed E-state index contributed by atoms with van der Waals surface area (Å²) < 4.78 is 38.4. The summed E-state index contributed by atoms with van der Waals surface area (Å²) in [6.07, 6.45) is 4.27. The van der Waals surface area contributed by atoms with E-state index in [1.54, 1.807) is 12.1 Å². The number of hydrogen-bond acceptors (Lipinski definition) is 6. The Morgan fingerprint density at radius 3 is 2.64 bits per heavy atom. The average molecular weight is 581 g/mol. The highest BCUT2D eigenvalue weighted by Crippen LogP contribution is 2.49. The number of carbonyl (C=O) groups excluding carboxylic acids is 1. The van der Waals surface area contributed by atoms with Crippen molar-refractivity contribution in [2.24, 2.45) is 11.7 Å². The van der Waals surface area contributed by atoms with Gasteiger partial charge in [-0.25, -0.2) is 8.70 Å². The molecule has 2 heterocycles. The molecule has 0 aromatic heterocycles. The highest BCUT2D eigenvalue weighted by molar-refractivity contribution is 8.22. The maximum Gasteiger partial charge on any atom is 0.241 e. The smallest absolute Gasteiger partial charge is 0.241 e. The molecule has 216 valence electrons. The van der Waals surface area contributed by atoms with E-state index < -0.39 is 22.6 Å². The van der Waals surface area contributed by atoms with Crippen LogP contribution in [0.5, 0.6) is 0 Å². The summed E-state index contributed by atoms with van der Waals surface area (Å²) in [5.41, 5.74) is 8.36. The van der Waals surface area contributed by atoms with E-state index in [-0.39, 0.29) is 29.8 Å². The minimum absolute atomic E-state index is 0.140. The number of nitrogens with one attached hydrogen (secondary N) is 2. The van der Waals surface area contributed by atoms with Gasteiger partial charge in [0.15, 0.2) is 0 Å². The van der Waals surface area contributed by atoms with Crippen LogP contribution in [0.3, 0.4) is 0 Å². The Labute approximate surface area is 238 Å². The van der Waals surface area contributed by atoms with Gasteiger partial charge in [0.05, 0.1) is 11.8 Å². The minimum atomic E-state index is -2.84. The van der Waals surface area contributed by atoms with Gasteiger partial charge < -0.3 is 16.4 Å². The van der Waals surface area contributed by atoms with Crippen molar-refractivity contribution in [3.63, 3.8) is 0 Å². The number of halogens is 2. The van der Waals surface area contributed by atoms with Gasteiger partial charge in [0, 0.05) is 47.4 Å². The fourth-order valence-corrected chi connectivity index (χ4v) is 8.14. The third-order valence-corrected chi connectivity index (χ3v) is 10.7. The fraction of sp³-hybridized carbons (Fsp3) is 0.552. The molecule has 2 saturated heterocycles. The first kappa shape index (κ1) is 30.2. The van der Waals surface area contributed by atoms with Gasteiger partial charge in [-0.1, -0.05) is 56.5 Å². The van der Waals surface area contributed by atoms with Crippen LogP contribution in [0.25, 0.3) is 0 Å². The third-order valence-electron chi connectivity index (χ3n) is 8.40. The summed E-state index contributed by atoms with van der Waals surface area (Å²) in [6.45, 7) is 5.37. The fourth-order valence-electron chi connectivity index (χ4n) is 6.15. The van der Waals surface area contributed by atoms with Crippen LogP contribution in [-0.2, 0) is 11.2 Å². The van der Waals surface area contributed by atoms with Gasteiger partial charge in [-0.05, 0) is 61.4 Å². The number of carbonyl (C=O) groups is 1. The van der Waals surface area contributed by atoms with E-state index in [1.165, 1.54) is 6.07 Å². The maximum atomic E-state index is 15.1. The number of piperazine rings is 1. The van der Waals surface area contributed by atoms with Crippen molar-refractivity contribution in [1.29, 1.82) is 0 Å². The molecular formula is C29H42ClFN4O3S. The number of fused-ring (bicyclic) bond motifs is 2. The van der Waals surface area contributed by atoms with E-state index in [4.69, 9.17) is 17.3 Å². The van der Waals surface area contributed by atoms with Gasteiger partial charge in [0.1, 0.15) is 5.82 Å². The van der Waals surface area contributed by atoms with Gasteiger partial charge in [-0.2, -0.15) is 0 Å². The first-order valence-corrected chi connectivity index (χ1v) is 16.0. The molecule has 7 nitrogen and oxygen atoms in total. The molecule has 3 unspecified atom stereocenters. The van der Waals surface area contributed by atoms with Crippen molar-refractivity contribution in [3.05, 3.63) is 64.4 Å². The number of amides is 1. The third kappa shape index (κ3) is 7.14. The minimum Gasteiger partial charge on any atom is -0.324 e. The lowest BCUT2D eigenvalue weighted by Crippen LogP contribution is -2.55. The Kier molecular flexibility index (Phi) is 10.3. The van der Waals surface area contributed by atoms with E-state index in [1.807, 2.05) is 28.6 Å². The van der Waals surface area contributed by atoms with Gasteiger partial charge >= 0.3 is 0 Å². The van der Waals surface area contributed by atoms with Gasteiger partial charge in [0.2, 0.25) is 5.91 Å². The number of nitrogens with two attached hydrogens (primary N) is 1. The molecule has 2 aliphatic rings. The lowest BCUT2D eigenvalue weighted by Gasteiger charge is -2.49. The van der Waals surface area contributed by atoms with E-state index >= 15 is 4.39 Å². The molecule has 2 aliphatic heterocycles. The molecule has 2 bridgehead atoms. The molecule has 39 heavy (non-hydrogen) atoms. The molecule has 0 saturated carbocycles. The SMILES string of the molecule is CCC(CC)[C@H](c1ccc(Cl)cc1)[C@H](N)C(=O)Nc1cccc(F)c1CCC1CNC2CCCS(O)(O)N1C2. The van der Waals surface area contributed by atoms with Crippen LogP contribution >= 0.6 is 22.4 Å². The molecule has 0 spiro atoms. The quantitative estimate of drug-likeness (QED) is 0.236. The second-order valence-corrected chi connectivity index (χ2v) is 13.4. The first-order chi connectivity index (χ1) is 18.6. The average Bonchev–Trinajstić information content (AvgIpc) is 3.03. The van der Waals surface area contributed by atoms with Crippen molar-refractivity contribution in [2.75, 3.05) is 24.2 Å². The van der Waals surface area contributed by atoms with E-state index in [2.05, 4.69) is 24.5 Å². The number of nitrogens with zero attached hydrogens (tertiary/aromatic N) is 1. The lowest BCUT2D eigenvalue weighted by atomic mass is 9.77. The zero-order chi connectivity index (χ0) is 28.2. The summed E-state index contributed by atoms with van der Waals surface area (Å²) in [5.74, 6) is -0.428. The molecule has 1 amide bonds. The molecule has 6 N–H and O–H groups in total. The van der Waals surface area contributed by atoms with Gasteiger partial charge in [-0.15, -0.1) is 10.8 Å². The maximum absolute atomic E-state index is 15.1. The van der Waals surface area contributed by atoms with Crippen molar-refractivity contribution in [3.8, 4) is 0 Å². The number of rotatable bonds is 10. The molecule has 4 rings (SSSR count). The Hall–Kier alpha value is -1.72. The van der Waals surface area contributed by atoms with E-state index in [0.717, 1.165) is 31.2 Å². The van der Waals surface area contributed by atoms with Crippen LogP contribution in [0.4, 0.5) is 10.1 Å². The Morgan fingerprint density at radius 2 is 1.95 bits per heavy atom. The number of anilines is 1. The summed E-state index contributed by atoms with van der Waals surface area (Å²) in [5, 5.41) is 7.05. The second kappa shape index (κ2) is 13.3. The van der Waals surface area contributed by atoms with Crippen LogP contribution in [0, 0.1) is 11.7 Å². The zero-order valence-corrected chi connectivity index (χ0v) is 24.4. The molecule has 5 atom stereocenters. The summed E-state index contributed by atoms with van der Waals surface area (Å²) in [4.78, 5) is 13.5. The van der Waals surface area contributed by atoms with Crippen molar-refractivity contribution in [2.45, 2.75) is 76.4 Å². The molecular weight excluding hydrogens is 539 g/mol. The van der Waals surface area contributed by atoms with E-state index in [0.29, 0.717) is 48.0 Å². The predicted molar refractivity (Wildman–Crippen MR) is 159 cm³/mol. The largest absolute Gasteiger partial charge is 0.324 e. The van der Waals surface area contributed by atoms with Crippen LogP contribution in [0.1, 0.15) is 63.0 Å². The van der Waals surface area contributed by atoms with Crippen LogP contribution < -0.4 is 16.4 Å². The summed E-state index contributed by atoms with van der Waals surface area (Å²) in [6, 6.07) is 11.4. The van der Waals surface area contributed by atoms with Crippen molar-refractivity contribution >= 4 is 34.0 Å². The van der Waals surface area contributed by atoms with Crippen LogP contribution in [-0.4, -0.2) is 56.3 Å². The molecule has 2 fully saturated rings. The molecule has 0 aliphatic carbocycles. The summed E-state index contributed by atoms with van der Waals surface area (Å²) in [7, 11) is -2.84. The normalized spacial score (nSPS) is 25.0. The Morgan fingerprint density at radius 1 is 1.23 bits per heavy atom. The topological polar surface area (TPSA) is 111 Å². The molecule has 10 heteroatoms. The first-order valence-electron chi connectivity index (χ1n) is 14.0. The van der Waals surface area contributed by atoms with Crippen molar-refractivity contribution in [1.82, 2.24) is 9.62 Å². The molecule has 2 aromatic carbocycles. The Bertz CT molecular complexity index is 1120.